The predicted octanol–water partition coefficient (Wildman–Crippen LogP) is 3.87. The Hall–Kier alpha value is -0.970. The van der Waals surface area contributed by atoms with E-state index in [1.54, 1.807) is 11.8 Å². The van der Waals surface area contributed by atoms with Crippen LogP contribution in [0.4, 0.5) is 11.6 Å². The second-order valence-electron chi connectivity index (χ2n) is 4.67. The van der Waals surface area contributed by atoms with Crippen LogP contribution in [0.25, 0.3) is 0 Å². The Labute approximate surface area is 121 Å². The Kier molecular flexibility index (Phi) is 6.99. The van der Waals surface area contributed by atoms with Gasteiger partial charge in [-0.25, -0.2) is 9.97 Å². The molecule has 4 nitrogen and oxygen atoms in total. The highest BCUT2D eigenvalue weighted by Gasteiger charge is 2.14. The molecule has 0 aromatic carbocycles. The topological polar surface area (TPSA) is 49.8 Å². The molecule has 2 N–H and O–H groups in total. The minimum absolute atomic E-state index is 0.425. The zero-order valence-corrected chi connectivity index (χ0v) is 13.5. The van der Waals surface area contributed by atoms with Crippen molar-refractivity contribution in [3.05, 3.63) is 6.07 Å². The summed E-state index contributed by atoms with van der Waals surface area (Å²) in [6.07, 6.45) is 4.37. The van der Waals surface area contributed by atoms with E-state index < -0.39 is 0 Å². The lowest BCUT2D eigenvalue weighted by Crippen LogP contribution is -2.25. The monoisotopic (exact) mass is 282 g/mol. The van der Waals surface area contributed by atoms with E-state index in [1.165, 1.54) is 12.8 Å². The smallest absolute Gasteiger partial charge is 0.191 e. The van der Waals surface area contributed by atoms with Crippen molar-refractivity contribution in [1.82, 2.24) is 9.97 Å². The van der Waals surface area contributed by atoms with Gasteiger partial charge in [0.1, 0.15) is 11.6 Å². The number of thioether (sulfide) groups is 1. The van der Waals surface area contributed by atoms with Crippen molar-refractivity contribution in [3.8, 4) is 0 Å². The molecule has 0 aliphatic heterocycles. The Morgan fingerprint density at radius 2 is 1.79 bits per heavy atom. The van der Waals surface area contributed by atoms with Gasteiger partial charge >= 0.3 is 0 Å². The van der Waals surface area contributed by atoms with E-state index in [-0.39, 0.29) is 0 Å². The highest BCUT2D eigenvalue weighted by atomic mass is 32.2. The maximum Gasteiger partial charge on any atom is 0.191 e. The third-order valence-electron chi connectivity index (χ3n) is 3.38. The van der Waals surface area contributed by atoms with Gasteiger partial charge in [-0.1, -0.05) is 38.5 Å². The molecule has 1 atom stereocenters. The molecule has 5 heteroatoms. The van der Waals surface area contributed by atoms with Crippen LogP contribution in [0, 0.1) is 5.92 Å². The van der Waals surface area contributed by atoms with Crippen molar-refractivity contribution in [2.75, 3.05) is 23.4 Å². The van der Waals surface area contributed by atoms with Crippen LogP contribution in [0.15, 0.2) is 11.2 Å². The number of hydrogen-bond donors (Lipinski definition) is 2. The standard InChI is InChI=1S/C14H26N4S/c1-6-11(7-2)10(4)16-13-9-12(15-8-3)17-14(18-13)19-5/h9-11H,6-8H2,1-5H3,(H2,15,16,17,18). The van der Waals surface area contributed by atoms with Crippen molar-refractivity contribution in [3.63, 3.8) is 0 Å². The summed E-state index contributed by atoms with van der Waals surface area (Å²) >= 11 is 1.57. The summed E-state index contributed by atoms with van der Waals surface area (Å²) in [6.45, 7) is 9.64. The van der Waals surface area contributed by atoms with E-state index in [1.807, 2.05) is 12.3 Å². The third kappa shape index (κ3) is 4.90. The van der Waals surface area contributed by atoms with E-state index in [4.69, 9.17) is 0 Å². The molecule has 1 unspecified atom stereocenters. The molecule has 0 amide bonds. The summed E-state index contributed by atoms with van der Waals surface area (Å²) in [5.74, 6) is 2.48. The minimum atomic E-state index is 0.425. The second kappa shape index (κ2) is 8.25. The molecule has 0 bridgehead atoms. The molecule has 0 fully saturated rings. The maximum atomic E-state index is 4.53. The lowest BCUT2D eigenvalue weighted by Gasteiger charge is -2.23. The normalized spacial score (nSPS) is 12.5. The van der Waals surface area contributed by atoms with Crippen LogP contribution < -0.4 is 10.6 Å². The zero-order valence-electron chi connectivity index (χ0n) is 12.7. The van der Waals surface area contributed by atoms with Crippen molar-refractivity contribution in [2.45, 2.75) is 51.7 Å². The van der Waals surface area contributed by atoms with Crippen LogP contribution >= 0.6 is 11.8 Å². The Morgan fingerprint density at radius 3 is 2.32 bits per heavy atom. The van der Waals surface area contributed by atoms with Crippen molar-refractivity contribution in [2.24, 2.45) is 5.92 Å². The maximum absolute atomic E-state index is 4.53. The number of anilines is 2. The average molecular weight is 282 g/mol. The van der Waals surface area contributed by atoms with Crippen LogP contribution in [0.2, 0.25) is 0 Å². The predicted molar refractivity (Wildman–Crippen MR) is 85.1 cm³/mol. The molecule has 19 heavy (non-hydrogen) atoms. The number of aromatic nitrogens is 2. The third-order valence-corrected chi connectivity index (χ3v) is 3.93. The summed E-state index contributed by atoms with van der Waals surface area (Å²) in [6, 6.07) is 2.41. The van der Waals surface area contributed by atoms with Gasteiger partial charge < -0.3 is 10.6 Å². The van der Waals surface area contributed by atoms with Gasteiger partial charge in [-0.15, -0.1) is 0 Å². The molecular weight excluding hydrogens is 256 g/mol. The summed E-state index contributed by atoms with van der Waals surface area (Å²) < 4.78 is 0. The van der Waals surface area contributed by atoms with Crippen molar-refractivity contribution in [1.29, 1.82) is 0 Å². The molecule has 1 heterocycles. The van der Waals surface area contributed by atoms with Crippen molar-refractivity contribution < 1.29 is 0 Å². The van der Waals surface area contributed by atoms with Gasteiger partial charge in [0.25, 0.3) is 0 Å². The average Bonchev–Trinajstić information content (AvgIpc) is 2.40. The van der Waals surface area contributed by atoms with Crippen molar-refractivity contribution >= 4 is 23.4 Å². The van der Waals surface area contributed by atoms with Gasteiger partial charge in [-0.2, -0.15) is 0 Å². The first-order chi connectivity index (χ1) is 9.14. The fourth-order valence-electron chi connectivity index (χ4n) is 2.21. The van der Waals surface area contributed by atoms with Crippen LogP contribution in [0.1, 0.15) is 40.5 Å². The summed E-state index contributed by atoms with van der Waals surface area (Å²) in [5.41, 5.74) is 0. The van der Waals surface area contributed by atoms with Gasteiger partial charge in [0.05, 0.1) is 0 Å². The molecule has 0 saturated carbocycles. The zero-order chi connectivity index (χ0) is 14.3. The summed E-state index contributed by atoms with van der Waals surface area (Å²) in [4.78, 5) is 8.96. The number of nitrogens with zero attached hydrogens (tertiary/aromatic N) is 2. The number of nitrogens with one attached hydrogen (secondary N) is 2. The van der Waals surface area contributed by atoms with Gasteiger partial charge in [-0.3, -0.25) is 0 Å². The lowest BCUT2D eigenvalue weighted by atomic mass is 9.95. The van der Waals surface area contributed by atoms with Gasteiger partial charge in [0.15, 0.2) is 5.16 Å². The fraction of sp³-hybridized carbons (Fsp3) is 0.714. The van der Waals surface area contributed by atoms with Crippen LogP contribution in [0.5, 0.6) is 0 Å². The minimum Gasteiger partial charge on any atom is -0.370 e. The molecule has 0 radical (unpaired) electrons. The first kappa shape index (κ1) is 16.1. The Balaban J connectivity index is 2.84. The second-order valence-corrected chi connectivity index (χ2v) is 5.44. The fourth-order valence-corrected chi connectivity index (χ4v) is 2.59. The molecule has 1 rings (SSSR count). The van der Waals surface area contributed by atoms with E-state index in [0.717, 1.165) is 23.3 Å². The SMILES string of the molecule is CCNc1cc(NC(C)C(CC)CC)nc(SC)n1. The van der Waals surface area contributed by atoms with E-state index >= 15 is 0 Å². The van der Waals surface area contributed by atoms with E-state index in [9.17, 15) is 0 Å². The lowest BCUT2D eigenvalue weighted by molar-refractivity contribution is 0.437. The Bertz CT molecular complexity index is 380. The summed E-state index contributed by atoms with van der Waals surface area (Å²) in [5, 5.41) is 7.56. The highest BCUT2D eigenvalue weighted by Crippen LogP contribution is 2.21. The molecule has 1 aromatic rings. The van der Waals surface area contributed by atoms with E-state index in [0.29, 0.717) is 12.0 Å². The molecule has 0 aliphatic carbocycles. The highest BCUT2D eigenvalue weighted by molar-refractivity contribution is 7.98. The summed E-state index contributed by atoms with van der Waals surface area (Å²) in [7, 11) is 0. The quantitative estimate of drug-likeness (QED) is 0.560. The largest absolute Gasteiger partial charge is 0.370 e. The van der Waals surface area contributed by atoms with Gasteiger partial charge in [0.2, 0.25) is 0 Å². The number of rotatable bonds is 8. The van der Waals surface area contributed by atoms with E-state index in [2.05, 4.69) is 48.3 Å². The van der Waals surface area contributed by atoms with Gasteiger partial charge in [-0.05, 0) is 26.0 Å². The van der Waals surface area contributed by atoms with Crippen LogP contribution in [-0.4, -0.2) is 28.8 Å². The molecule has 0 aliphatic rings. The van der Waals surface area contributed by atoms with Gasteiger partial charge in [0, 0.05) is 18.7 Å². The van der Waals surface area contributed by atoms with Crippen LogP contribution in [0.3, 0.4) is 0 Å². The molecule has 0 saturated heterocycles. The molecule has 0 spiro atoms. The first-order valence-corrected chi connectivity index (χ1v) is 8.30. The molecule has 108 valence electrons. The Morgan fingerprint density at radius 1 is 1.16 bits per heavy atom. The first-order valence-electron chi connectivity index (χ1n) is 7.07. The molecular formula is C14H26N4S. The number of hydrogen-bond acceptors (Lipinski definition) is 5. The van der Waals surface area contributed by atoms with Crippen LogP contribution in [-0.2, 0) is 0 Å². The molecule has 1 aromatic heterocycles.